The summed E-state index contributed by atoms with van der Waals surface area (Å²) in [6.45, 7) is 6.52. The van der Waals surface area contributed by atoms with Crippen molar-refractivity contribution in [1.29, 1.82) is 0 Å². The van der Waals surface area contributed by atoms with Gasteiger partial charge in [0.1, 0.15) is 18.5 Å². The lowest BCUT2D eigenvalue weighted by Gasteiger charge is -2.36. The molecule has 1 aliphatic heterocycles. The second kappa shape index (κ2) is 9.70. The third-order valence-corrected chi connectivity index (χ3v) is 5.60. The normalized spacial score (nSPS) is 15.6. The number of piperazine rings is 1. The molecule has 0 bridgehead atoms. The first-order valence-electron chi connectivity index (χ1n) is 10.5. The lowest BCUT2D eigenvalue weighted by Crippen LogP contribution is -2.46. The highest BCUT2D eigenvalue weighted by Gasteiger charge is 2.19. The van der Waals surface area contributed by atoms with E-state index >= 15 is 0 Å². The van der Waals surface area contributed by atoms with Crippen LogP contribution in [-0.4, -0.2) is 51.8 Å². The molecule has 1 N–H and O–H groups in total. The molecule has 0 aliphatic carbocycles. The summed E-state index contributed by atoms with van der Waals surface area (Å²) in [5, 5.41) is 7.00. The van der Waals surface area contributed by atoms with Gasteiger partial charge in [0.15, 0.2) is 0 Å². The molecule has 0 saturated carbocycles. The van der Waals surface area contributed by atoms with Gasteiger partial charge in [-0.15, -0.1) is 0 Å². The Bertz CT molecular complexity index is 984. The zero-order chi connectivity index (χ0) is 21.6. The average Bonchev–Trinajstić information content (AvgIpc) is 3.29. The maximum Gasteiger partial charge on any atom is 0.229 e. The lowest BCUT2D eigenvalue weighted by molar-refractivity contribution is -0.119. The van der Waals surface area contributed by atoms with Gasteiger partial charge in [0, 0.05) is 49.7 Å². The predicted octanol–water partition coefficient (Wildman–Crippen LogP) is 3.01. The van der Waals surface area contributed by atoms with E-state index in [1.807, 2.05) is 43.3 Å². The van der Waals surface area contributed by atoms with Crippen LogP contribution >= 0.6 is 0 Å². The molecule has 7 nitrogen and oxygen atoms in total. The highest BCUT2D eigenvalue weighted by molar-refractivity contribution is 5.92. The fraction of sp³-hybridized carbons (Fsp3) is 0.348. The molecule has 0 spiro atoms. The summed E-state index contributed by atoms with van der Waals surface area (Å²) in [6, 6.07) is 14.9. The van der Waals surface area contributed by atoms with Gasteiger partial charge in [-0.3, -0.25) is 14.4 Å². The Kier molecular flexibility index (Phi) is 6.57. The Morgan fingerprint density at radius 3 is 2.52 bits per heavy atom. The molecular formula is C23H27FN6O. The Balaban J connectivity index is 1.27. The lowest BCUT2D eigenvalue weighted by atomic mass is 10.1. The number of nitrogens with one attached hydrogen (secondary N) is 1. The van der Waals surface area contributed by atoms with E-state index in [0.29, 0.717) is 13.1 Å². The number of hydrogen-bond acceptors (Lipinski definition) is 5. The molecule has 162 valence electrons. The van der Waals surface area contributed by atoms with Gasteiger partial charge in [0.2, 0.25) is 5.91 Å². The molecule has 0 radical (unpaired) electrons. The van der Waals surface area contributed by atoms with Crippen LogP contribution in [0.4, 0.5) is 15.8 Å². The zero-order valence-corrected chi connectivity index (χ0v) is 17.6. The molecule has 4 rings (SSSR count). The molecule has 1 saturated heterocycles. The summed E-state index contributed by atoms with van der Waals surface area (Å²) < 4.78 is 15.5. The number of benzene rings is 2. The van der Waals surface area contributed by atoms with Crippen LogP contribution in [0, 0.1) is 11.7 Å². The summed E-state index contributed by atoms with van der Waals surface area (Å²) >= 11 is 0. The van der Waals surface area contributed by atoms with Gasteiger partial charge >= 0.3 is 0 Å². The topological polar surface area (TPSA) is 66.3 Å². The molecular weight excluding hydrogens is 395 g/mol. The number of carbonyl (C=O) groups excluding carboxylic acids is 1. The largest absolute Gasteiger partial charge is 0.369 e. The summed E-state index contributed by atoms with van der Waals surface area (Å²) in [5.41, 5.74) is 2.64. The van der Waals surface area contributed by atoms with Crippen LogP contribution in [0.3, 0.4) is 0 Å². The van der Waals surface area contributed by atoms with E-state index in [1.165, 1.54) is 12.4 Å². The van der Waals surface area contributed by atoms with E-state index in [0.717, 1.165) is 43.1 Å². The first kappa shape index (κ1) is 21.0. The number of hydrogen-bond donors (Lipinski definition) is 1. The van der Waals surface area contributed by atoms with Gasteiger partial charge in [0.05, 0.1) is 12.5 Å². The second-order valence-electron chi connectivity index (χ2n) is 7.91. The van der Waals surface area contributed by atoms with E-state index in [2.05, 4.69) is 25.2 Å². The minimum absolute atomic E-state index is 0.0509. The van der Waals surface area contributed by atoms with E-state index in [4.69, 9.17) is 0 Å². The molecule has 31 heavy (non-hydrogen) atoms. The van der Waals surface area contributed by atoms with Gasteiger partial charge < -0.3 is 10.2 Å². The van der Waals surface area contributed by atoms with Gasteiger partial charge in [-0.05, 0) is 30.3 Å². The van der Waals surface area contributed by atoms with E-state index < -0.39 is 0 Å². The summed E-state index contributed by atoms with van der Waals surface area (Å²) in [6.07, 6.45) is 3.07. The fourth-order valence-electron chi connectivity index (χ4n) is 3.74. The molecule has 8 heteroatoms. The Hall–Kier alpha value is -3.26. The number of rotatable bonds is 7. The first-order valence-corrected chi connectivity index (χ1v) is 10.5. The molecule has 2 heterocycles. The van der Waals surface area contributed by atoms with Crippen molar-refractivity contribution in [3.05, 3.63) is 72.6 Å². The third-order valence-electron chi connectivity index (χ3n) is 5.60. The highest BCUT2D eigenvalue weighted by atomic mass is 19.1. The number of amides is 1. The van der Waals surface area contributed by atoms with E-state index in [1.54, 1.807) is 17.1 Å². The maximum absolute atomic E-state index is 13.9. The van der Waals surface area contributed by atoms with Crippen LogP contribution in [0.15, 0.2) is 61.2 Å². The van der Waals surface area contributed by atoms with Crippen LogP contribution in [0.2, 0.25) is 0 Å². The molecule has 3 aromatic rings. The summed E-state index contributed by atoms with van der Waals surface area (Å²) in [7, 11) is 0. The Morgan fingerprint density at radius 2 is 1.84 bits per heavy atom. The molecule has 1 atom stereocenters. The van der Waals surface area contributed by atoms with Crippen molar-refractivity contribution in [3.63, 3.8) is 0 Å². The second-order valence-corrected chi connectivity index (χ2v) is 7.91. The van der Waals surface area contributed by atoms with Crippen molar-refractivity contribution in [2.75, 3.05) is 36.4 Å². The molecule has 1 amide bonds. The van der Waals surface area contributed by atoms with Crippen molar-refractivity contribution in [3.8, 4) is 0 Å². The summed E-state index contributed by atoms with van der Waals surface area (Å²) in [5.74, 6) is -0.410. The maximum atomic E-state index is 13.9. The highest BCUT2D eigenvalue weighted by Crippen LogP contribution is 2.21. The number of halogens is 1. The smallest absolute Gasteiger partial charge is 0.229 e. The molecule has 1 aromatic heterocycles. The van der Waals surface area contributed by atoms with Gasteiger partial charge in [0.25, 0.3) is 0 Å². The third kappa shape index (κ3) is 5.46. The van der Waals surface area contributed by atoms with Crippen LogP contribution in [-0.2, 0) is 17.9 Å². The molecule has 1 unspecified atom stereocenters. The van der Waals surface area contributed by atoms with Crippen molar-refractivity contribution in [2.45, 2.75) is 20.0 Å². The van der Waals surface area contributed by atoms with Crippen LogP contribution in [0.1, 0.15) is 12.5 Å². The number of nitrogens with zero attached hydrogens (tertiary/aromatic N) is 5. The van der Waals surface area contributed by atoms with E-state index in [-0.39, 0.29) is 17.6 Å². The van der Waals surface area contributed by atoms with E-state index in [9.17, 15) is 9.18 Å². The SMILES string of the molecule is CC(Cn1cncn1)C(=O)Nc1ccc(N2CCN(Cc3ccccc3F)CC2)cc1. The molecule has 1 fully saturated rings. The van der Waals surface area contributed by atoms with Gasteiger partial charge in [-0.25, -0.2) is 9.37 Å². The minimum atomic E-state index is -0.219. The first-order chi connectivity index (χ1) is 15.1. The number of carbonyl (C=O) groups is 1. The van der Waals surface area contributed by atoms with Crippen molar-refractivity contribution >= 4 is 17.3 Å². The van der Waals surface area contributed by atoms with Crippen LogP contribution < -0.4 is 10.2 Å². The monoisotopic (exact) mass is 422 g/mol. The molecule has 2 aromatic carbocycles. The van der Waals surface area contributed by atoms with Crippen LogP contribution in [0.5, 0.6) is 0 Å². The number of anilines is 2. The van der Waals surface area contributed by atoms with Gasteiger partial charge in [-0.2, -0.15) is 5.10 Å². The Labute approximate surface area is 181 Å². The zero-order valence-electron chi connectivity index (χ0n) is 17.6. The molecule has 1 aliphatic rings. The predicted molar refractivity (Wildman–Crippen MR) is 118 cm³/mol. The van der Waals surface area contributed by atoms with Gasteiger partial charge in [-0.1, -0.05) is 25.1 Å². The van der Waals surface area contributed by atoms with Crippen molar-refractivity contribution < 1.29 is 9.18 Å². The average molecular weight is 423 g/mol. The van der Waals surface area contributed by atoms with Crippen molar-refractivity contribution in [1.82, 2.24) is 19.7 Å². The number of aromatic nitrogens is 3. The fourth-order valence-corrected chi connectivity index (χ4v) is 3.74. The quantitative estimate of drug-likeness (QED) is 0.634. The standard InChI is InChI=1S/C23H27FN6O/c1-18(14-30-17-25-16-26-30)23(31)27-20-6-8-21(9-7-20)29-12-10-28(11-13-29)15-19-4-2-3-5-22(19)24/h2-9,16-18H,10-15H2,1H3,(H,27,31). The van der Waals surface area contributed by atoms with Crippen molar-refractivity contribution in [2.24, 2.45) is 5.92 Å². The summed E-state index contributed by atoms with van der Waals surface area (Å²) in [4.78, 5) is 20.9. The minimum Gasteiger partial charge on any atom is -0.369 e. The van der Waals surface area contributed by atoms with Crippen LogP contribution in [0.25, 0.3) is 0 Å². The Morgan fingerprint density at radius 1 is 1.10 bits per heavy atom.